The first-order valence-corrected chi connectivity index (χ1v) is 10.2. The lowest BCUT2D eigenvalue weighted by molar-refractivity contribution is 0.0548. The van der Waals surface area contributed by atoms with Crippen molar-refractivity contribution in [2.75, 3.05) is 13.7 Å². The SMILES string of the molecule is COc1cccc2c1CC[C@@H]1[C@H]2CCCN1C(=O)c1cn(C)c2ccccc12. The minimum atomic E-state index is 0.179. The van der Waals surface area contributed by atoms with Crippen LogP contribution in [0.1, 0.15) is 46.7 Å². The predicted octanol–water partition coefficient (Wildman–Crippen LogP) is 4.52. The zero-order valence-corrected chi connectivity index (χ0v) is 16.5. The topological polar surface area (TPSA) is 34.5 Å². The fraction of sp³-hybridized carbons (Fsp3) is 0.375. The lowest BCUT2D eigenvalue weighted by atomic mass is 9.74. The van der Waals surface area contributed by atoms with Crippen LogP contribution in [0.5, 0.6) is 5.75 Å². The summed E-state index contributed by atoms with van der Waals surface area (Å²) in [5, 5.41) is 1.05. The molecule has 4 nitrogen and oxygen atoms in total. The Hall–Kier alpha value is -2.75. The number of benzene rings is 2. The molecule has 0 radical (unpaired) electrons. The highest BCUT2D eigenvalue weighted by Crippen LogP contribution is 2.44. The van der Waals surface area contributed by atoms with E-state index < -0.39 is 0 Å². The van der Waals surface area contributed by atoms with Gasteiger partial charge in [0.15, 0.2) is 0 Å². The minimum Gasteiger partial charge on any atom is -0.496 e. The van der Waals surface area contributed by atoms with Crippen LogP contribution in [0.25, 0.3) is 10.9 Å². The molecule has 1 aliphatic heterocycles. The minimum absolute atomic E-state index is 0.179. The molecule has 5 rings (SSSR count). The molecule has 1 amide bonds. The number of carbonyl (C=O) groups is 1. The Labute approximate surface area is 165 Å². The molecule has 1 fully saturated rings. The van der Waals surface area contributed by atoms with Gasteiger partial charge in [0.2, 0.25) is 0 Å². The van der Waals surface area contributed by atoms with E-state index in [0.717, 1.165) is 54.4 Å². The number of aryl methyl sites for hydroxylation is 1. The highest BCUT2D eigenvalue weighted by molar-refractivity contribution is 6.07. The molecule has 144 valence electrons. The number of amides is 1. The van der Waals surface area contributed by atoms with Crippen molar-refractivity contribution < 1.29 is 9.53 Å². The van der Waals surface area contributed by atoms with Crippen LogP contribution in [0.4, 0.5) is 0 Å². The van der Waals surface area contributed by atoms with Crippen molar-refractivity contribution in [2.45, 2.75) is 37.6 Å². The number of hydrogen-bond donors (Lipinski definition) is 0. The zero-order chi connectivity index (χ0) is 19.3. The van der Waals surface area contributed by atoms with Gasteiger partial charge in [-0.25, -0.2) is 0 Å². The summed E-state index contributed by atoms with van der Waals surface area (Å²) in [6.07, 6.45) is 6.17. The van der Waals surface area contributed by atoms with Gasteiger partial charge in [-0.2, -0.15) is 0 Å². The second kappa shape index (κ2) is 6.69. The quantitative estimate of drug-likeness (QED) is 0.661. The maximum atomic E-state index is 13.6. The molecular weight excluding hydrogens is 348 g/mol. The standard InChI is InChI=1S/C24H26N2O2/c1-25-15-20(18-7-3-4-10-21(18)25)24(27)26-14-6-9-17-16-8-5-11-23(28-2)19(16)12-13-22(17)26/h3-5,7-8,10-11,15,17,22H,6,9,12-14H2,1-2H3/t17-,22+/m0/s1. The second-order valence-electron chi connectivity index (χ2n) is 8.05. The van der Waals surface area contributed by atoms with Crippen LogP contribution in [0.2, 0.25) is 0 Å². The smallest absolute Gasteiger partial charge is 0.256 e. The van der Waals surface area contributed by atoms with Crippen LogP contribution in [0.15, 0.2) is 48.7 Å². The van der Waals surface area contributed by atoms with E-state index in [1.165, 1.54) is 11.1 Å². The Morgan fingerprint density at radius 3 is 2.82 bits per heavy atom. The molecule has 4 heteroatoms. The third kappa shape index (κ3) is 2.55. The van der Waals surface area contributed by atoms with E-state index >= 15 is 0 Å². The fourth-order valence-electron chi connectivity index (χ4n) is 5.38. The highest BCUT2D eigenvalue weighted by atomic mass is 16.5. The van der Waals surface area contributed by atoms with E-state index in [1.807, 2.05) is 25.4 Å². The Balaban J connectivity index is 1.52. The number of likely N-dealkylation sites (tertiary alicyclic amines) is 1. The number of rotatable bonds is 2. The van der Waals surface area contributed by atoms with Gasteiger partial charge in [-0.3, -0.25) is 4.79 Å². The van der Waals surface area contributed by atoms with Crippen molar-refractivity contribution in [3.63, 3.8) is 0 Å². The molecule has 2 atom stereocenters. The van der Waals surface area contributed by atoms with E-state index in [2.05, 4.69) is 39.8 Å². The van der Waals surface area contributed by atoms with E-state index in [-0.39, 0.29) is 11.9 Å². The van der Waals surface area contributed by atoms with Crippen LogP contribution in [-0.4, -0.2) is 35.1 Å². The number of aromatic nitrogens is 1. The molecule has 0 spiro atoms. The molecule has 1 aliphatic carbocycles. The van der Waals surface area contributed by atoms with E-state index in [9.17, 15) is 4.79 Å². The van der Waals surface area contributed by atoms with Gasteiger partial charge >= 0.3 is 0 Å². The molecule has 2 heterocycles. The molecule has 1 saturated heterocycles. The third-order valence-corrected chi connectivity index (χ3v) is 6.65. The monoisotopic (exact) mass is 374 g/mol. The van der Waals surface area contributed by atoms with Crippen LogP contribution >= 0.6 is 0 Å². The molecule has 0 saturated carbocycles. The van der Waals surface area contributed by atoms with Crippen molar-refractivity contribution in [3.05, 3.63) is 65.4 Å². The lowest BCUT2D eigenvalue weighted by Gasteiger charge is -2.45. The number of methoxy groups -OCH3 is 1. The summed E-state index contributed by atoms with van der Waals surface area (Å²) in [6.45, 7) is 0.850. The van der Waals surface area contributed by atoms with E-state index in [4.69, 9.17) is 4.74 Å². The summed E-state index contributed by atoms with van der Waals surface area (Å²) in [7, 11) is 3.76. The Kier molecular flexibility index (Phi) is 4.15. The van der Waals surface area contributed by atoms with E-state index in [1.54, 1.807) is 7.11 Å². The highest BCUT2D eigenvalue weighted by Gasteiger charge is 2.39. The van der Waals surface area contributed by atoms with Gasteiger partial charge in [0, 0.05) is 42.7 Å². The molecule has 0 bridgehead atoms. The summed E-state index contributed by atoms with van der Waals surface area (Å²) >= 11 is 0. The number of para-hydroxylation sites is 1. The number of nitrogens with zero attached hydrogens (tertiary/aromatic N) is 2. The van der Waals surface area contributed by atoms with Gasteiger partial charge in [0.25, 0.3) is 5.91 Å². The van der Waals surface area contributed by atoms with Gasteiger partial charge in [-0.05, 0) is 48.9 Å². The van der Waals surface area contributed by atoms with Crippen molar-refractivity contribution in [1.29, 1.82) is 0 Å². The van der Waals surface area contributed by atoms with Crippen LogP contribution in [-0.2, 0) is 13.5 Å². The molecular formula is C24H26N2O2. The van der Waals surface area contributed by atoms with E-state index in [0.29, 0.717) is 5.92 Å². The molecule has 28 heavy (non-hydrogen) atoms. The normalized spacial score (nSPS) is 21.3. The number of fused-ring (bicyclic) bond motifs is 4. The Morgan fingerprint density at radius 2 is 1.96 bits per heavy atom. The van der Waals surface area contributed by atoms with Gasteiger partial charge in [0.05, 0.1) is 12.7 Å². The average molecular weight is 374 g/mol. The predicted molar refractivity (Wildman–Crippen MR) is 111 cm³/mol. The van der Waals surface area contributed by atoms with Crippen molar-refractivity contribution in [1.82, 2.24) is 9.47 Å². The fourth-order valence-corrected chi connectivity index (χ4v) is 5.38. The Morgan fingerprint density at radius 1 is 1.11 bits per heavy atom. The van der Waals surface area contributed by atoms with Gasteiger partial charge < -0.3 is 14.2 Å². The van der Waals surface area contributed by atoms with Crippen LogP contribution in [0, 0.1) is 0 Å². The molecule has 0 unspecified atom stereocenters. The van der Waals surface area contributed by atoms with Crippen LogP contribution < -0.4 is 4.74 Å². The number of piperidine rings is 1. The summed E-state index contributed by atoms with van der Waals surface area (Å²) in [4.78, 5) is 15.8. The summed E-state index contributed by atoms with van der Waals surface area (Å²) in [5.74, 6) is 1.58. The second-order valence-corrected chi connectivity index (χ2v) is 8.05. The molecule has 2 aromatic carbocycles. The lowest BCUT2D eigenvalue weighted by Crippen LogP contribution is -2.49. The average Bonchev–Trinajstić information content (AvgIpc) is 3.09. The molecule has 1 aromatic heterocycles. The van der Waals surface area contributed by atoms with Gasteiger partial charge in [-0.1, -0.05) is 30.3 Å². The van der Waals surface area contributed by atoms with Crippen molar-refractivity contribution in [2.24, 2.45) is 7.05 Å². The third-order valence-electron chi connectivity index (χ3n) is 6.65. The summed E-state index contributed by atoms with van der Waals surface area (Å²) in [6, 6.07) is 14.8. The van der Waals surface area contributed by atoms with Crippen molar-refractivity contribution in [3.8, 4) is 5.75 Å². The molecule has 2 aliphatic rings. The first-order valence-electron chi connectivity index (χ1n) is 10.2. The molecule has 0 N–H and O–H groups in total. The maximum Gasteiger partial charge on any atom is 0.256 e. The van der Waals surface area contributed by atoms with Crippen LogP contribution in [0.3, 0.4) is 0 Å². The number of hydrogen-bond acceptors (Lipinski definition) is 2. The maximum absolute atomic E-state index is 13.6. The number of carbonyl (C=O) groups excluding carboxylic acids is 1. The van der Waals surface area contributed by atoms with Gasteiger partial charge in [-0.15, -0.1) is 0 Å². The zero-order valence-electron chi connectivity index (χ0n) is 16.5. The van der Waals surface area contributed by atoms with Crippen molar-refractivity contribution >= 4 is 16.8 Å². The first kappa shape index (κ1) is 17.4. The Bertz CT molecular complexity index is 1050. The molecule has 3 aromatic rings. The largest absolute Gasteiger partial charge is 0.496 e. The summed E-state index contributed by atoms with van der Waals surface area (Å²) < 4.78 is 7.66. The van der Waals surface area contributed by atoms with Gasteiger partial charge in [0.1, 0.15) is 5.75 Å². The summed E-state index contributed by atoms with van der Waals surface area (Å²) in [5.41, 5.74) is 4.66. The number of ether oxygens (including phenoxy) is 1. The first-order chi connectivity index (χ1) is 13.7.